The smallest absolute Gasteiger partial charge is 0.349 e. The van der Waals surface area contributed by atoms with Crippen LogP contribution in [0, 0.1) is 0 Å². The minimum atomic E-state index is -0.573. The van der Waals surface area contributed by atoms with Crippen LogP contribution in [0.4, 0.5) is 0 Å². The largest absolute Gasteiger partial charge is 0.462 e. The summed E-state index contributed by atoms with van der Waals surface area (Å²) in [5.41, 5.74) is 5.42. The van der Waals surface area contributed by atoms with Gasteiger partial charge in [0.1, 0.15) is 8.96 Å². The van der Waals surface area contributed by atoms with E-state index in [2.05, 4.69) is 31.9 Å². The summed E-state index contributed by atoms with van der Waals surface area (Å²) in [7, 11) is 0. The lowest BCUT2D eigenvalue weighted by Gasteiger charge is -2.11. The summed E-state index contributed by atoms with van der Waals surface area (Å²) >= 11 is 6.42. The van der Waals surface area contributed by atoms with Crippen molar-refractivity contribution in [2.75, 3.05) is 13.2 Å². The van der Waals surface area contributed by atoms with Gasteiger partial charge in [0.2, 0.25) is 0 Å². The molecule has 0 unspecified atom stereocenters. The fourth-order valence-electron chi connectivity index (χ4n) is 4.93. The van der Waals surface area contributed by atoms with Gasteiger partial charge in [-0.15, -0.1) is 0 Å². The van der Waals surface area contributed by atoms with Crippen molar-refractivity contribution >= 4 is 67.3 Å². The molecule has 8 nitrogen and oxygen atoms in total. The van der Waals surface area contributed by atoms with E-state index in [0.717, 1.165) is 22.3 Å². The van der Waals surface area contributed by atoms with Crippen LogP contribution in [0.5, 0.6) is 0 Å². The van der Waals surface area contributed by atoms with E-state index in [4.69, 9.17) is 18.9 Å². The van der Waals surface area contributed by atoms with Crippen molar-refractivity contribution in [1.29, 1.82) is 0 Å². The van der Waals surface area contributed by atoms with Crippen LogP contribution >= 0.6 is 31.9 Å². The molecule has 4 aromatic rings. The monoisotopic (exact) mass is 744 g/mol. The average Bonchev–Trinajstić information content (AvgIpc) is 3.29. The Morgan fingerprint density at radius 1 is 0.500 bits per heavy atom. The molecule has 0 amide bonds. The van der Waals surface area contributed by atoms with Crippen LogP contribution in [0.25, 0.3) is 33.8 Å². The Bertz CT molecular complexity index is 1790. The molecule has 0 aromatic heterocycles. The fraction of sp³-hybridized carbons (Fsp3) is 0.111. The van der Waals surface area contributed by atoms with Gasteiger partial charge < -0.3 is 18.9 Å². The Hall–Kier alpha value is -4.80. The summed E-state index contributed by atoms with van der Waals surface area (Å²) < 4.78 is 21.1. The molecule has 2 heterocycles. The van der Waals surface area contributed by atoms with Crippen molar-refractivity contribution in [3.8, 4) is 22.3 Å². The standard InChI is InChI=1S/2C18H13BrO4/c2*1-2-22-18(21)15(19)16-13-9-5-3-7-11(13)12-8-4-6-10-14(12)17(20)23-16/h2*3-10H,2H2,1H3/b2*16-15+. The second-order valence-electron chi connectivity index (χ2n) is 9.69. The zero-order valence-corrected chi connectivity index (χ0v) is 27.8. The zero-order chi connectivity index (χ0) is 32.8. The average molecular weight is 746 g/mol. The normalized spacial score (nSPS) is 15.0. The van der Waals surface area contributed by atoms with Crippen LogP contribution < -0.4 is 0 Å². The number of fused-ring (bicyclic) bond motifs is 6. The molecule has 0 bridgehead atoms. The van der Waals surface area contributed by atoms with Gasteiger partial charge in [0.25, 0.3) is 0 Å². The molecule has 10 heteroatoms. The molecule has 0 N–H and O–H groups in total. The topological polar surface area (TPSA) is 105 Å². The predicted molar refractivity (Wildman–Crippen MR) is 180 cm³/mol. The third-order valence-electron chi connectivity index (χ3n) is 6.92. The Balaban J connectivity index is 0.000000181. The highest BCUT2D eigenvalue weighted by molar-refractivity contribution is 9.12. The van der Waals surface area contributed by atoms with Crippen LogP contribution in [-0.4, -0.2) is 37.1 Å². The number of carbonyl (C=O) groups is 4. The number of esters is 4. The van der Waals surface area contributed by atoms with Crippen molar-refractivity contribution in [3.05, 3.63) is 128 Å². The van der Waals surface area contributed by atoms with E-state index in [1.54, 1.807) is 50.2 Å². The summed E-state index contributed by atoms with van der Waals surface area (Å²) in [5.74, 6) is -1.83. The van der Waals surface area contributed by atoms with E-state index in [9.17, 15) is 19.2 Å². The molecule has 0 fully saturated rings. The molecule has 0 aliphatic carbocycles. The molecule has 0 spiro atoms. The number of benzene rings is 4. The highest BCUT2D eigenvalue weighted by Crippen LogP contribution is 2.40. The molecule has 0 saturated heterocycles. The Morgan fingerprint density at radius 3 is 1.07 bits per heavy atom. The zero-order valence-electron chi connectivity index (χ0n) is 24.7. The first-order valence-electron chi connectivity index (χ1n) is 14.2. The Kier molecular flexibility index (Phi) is 10.3. The van der Waals surface area contributed by atoms with Gasteiger partial charge in [-0.3, -0.25) is 0 Å². The van der Waals surface area contributed by atoms with Crippen LogP contribution in [0.3, 0.4) is 0 Å². The quantitative estimate of drug-likeness (QED) is 0.117. The van der Waals surface area contributed by atoms with E-state index in [1.165, 1.54) is 0 Å². The minimum absolute atomic E-state index is 0.0907. The van der Waals surface area contributed by atoms with Gasteiger partial charge in [-0.1, -0.05) is 84.9 Å². The Morgan fingerprint density at radius 2 is 0.761 bits per heavy atom. The Labute approximate surface area is 281 Å². The fourth-order valence-corrected chi connectivity index (χ4v) is 5.75. The van der Waals surface area contributed by atoms with E-state index in [1.807, 2.05) is 60.7 Å². The SMILES string of the molecule is CCOC(=O)/C(Br)=C1\OC(=O)c2ccccc2-c2ccccc21.CCOC(=O)/C(Br)=C1\OC(=O)c2ccccc2-c2ccccc21. The van der Waals surface area contributed by atoms with Crippen molar-refractivity contribution in [1.82, 2.24) is 0 Å². The minimum Gasteiger partial charge on any atom is -0.462 e. The van der Waals surface area contributed by atoms with Crippen molar-refractivity contribution < 1.29 is 38.1 Å². The summed E-state index contributed by atoms with van der Waals surface area (Å²) in [5, 5.41) is 0. The van der Waals surface area contributed by atoms with Crippen LogP contribution in [0.1, 0.15) is 45.7 Å². The predicted octanol–water partition coefficient (Wildman–Crippen LogP) is 8.30. The number of rotatable bonds is 4. The molecule has 0 atom stereocenters. The maximum Gasteiger partial charge on any atom is 0.349 e. The van der Waals surface area contributed by atoms with E-state index in [-0.39, 0.29) is 33.7 Å². The molecular formula is C36H26Br2O8. The number of carbonyl (C=O) groups excluding carboxylic acids is 4. The highest BCUT2D eigenvalue weighted by Gasteiger charge is 2.30. The second kappa shape index (κ2) is 14.5. The number of cyclic esters (lactones) is 2. The highest BCUT2D eigenvalue weighted by atomic mass is 79.9. The van der Waals surface area contributed by atoms with E-state index < -0.39 is 23.9 Å². The number of halogens is 2. The lowest BCUT2D eigenvalue weighted by atomic mass is 9.95. The first-order valence-corrected chi connectivity index (χ1v) is 15.8. The van der Waals surface area contributed by atoms with Gasteiger partial charge >= 0.3 is 23.9 Å². The second-order valence-corrected chi connectivity index (χ2v) is 11.3. The van der Waals surface area contributed by atoms with Gasteiger partial charge in [0.15, 0.2) is 11.5 Å². The summed E-state index contributed by atoms with van der Waals surface area (Å²) in [6.07, 6.45) is 0. The van der Waals surface area contributed by atoms with Gasteiger partial charge in [-0.25, -0.2) is 19.2 Å². The summed E-state index contributed by atoms with van der Waals surface area (Å²) in [6.45, 7) is 3.89. The van der Waals surface area contributed by atoms with Gasteiger partial charge in [-0.2, -0.15) is 0 Å². The number of hydrogen-bond acceptors (Lipinski definition) is 8. The molecule has 6 rings (SSSR count). The van der Waals surface area contributed by atoms with Crippen LogP contribution in [-0.2, 0) is 28.5 Å². The maximum absolute atomic E-state index is 12.4. The lowest BCUT2D eigenvalue weighted by molar-refractivity contribution is -0.138. The van der Waals surface area contributed by atoms with Crippen molar-refractivity contribution in [2.45, 2.75) is 13.8 Å². The van der Waals surface area contributed by atoms with Gasteiger partial charge in [0.05, 0.1) is 24.3 Å². The van der Waals surface area contributed by atoms with Gasteiger partial charge in [0, 0.05) is 11.1 Å². The number of hydrogen-bond donors (Lipinski definition) is 0. The maximum atomic E-state index is 12.4. The molecule has 0 saturated carbocycles. The molecular weight excluding hydrogens is 720 g/mol. The van der Waals surface area contributed by atoms with Crippen molar-refractivity contribution in [2.24, 2.45) is 0 Å². The molecule has 2 aliphatic rings. The van der Waals surface area contributed by atoms with E-state index in [0.29, 0.717) is 22.3 Å². The third-order valence-corrected chi connectivity index (χ3v) is 8.28. The van der Waals surface area contributed by atoms with Crippen LogP contribution in [0.15, 0.2) is 106 Å². The molecule has 4 aromatic carbocycles. The molecule has 232 valence electrons. The summed E-state index contributed by atoms with van der Waals surface area (Å²) in [4.78, 5) is 48.9. The first kappa shape index (κ1) is 32.6. The van der Waals surface area contributed by atoms with E-state index >= 15 is 0 Å². The van der Waals surface area contributed by atoms with Gasteiger partial charge in [-0.05, 0) is 80.1 Å². The first-order chi connectivity index (χ1) is 22.3. The lowest BCUT2D eigenvalue weighted by Crippen LogP contribution is -2.09. The molecule has 2 aliphatic heterocycles. The number of ether oxygens (including phenoxy) is 4. The molecule has 46 heavy (non-hydrogen) atoms. The third kappa shape index (κ3) is 6.59. The van der Waals surface area contributed by atoms with Crippen LogP contribution in [0.2, 0.25) is 0 Å². The molecule has 0 radical (unpaired) electrons. The van der Waals surface area contributed by atoms with Crippen molar-refractivity contribution in [3.63, 3.8) is 0 Å². The summed E-state index contributed by atoms with van der Waals surface area (Å²) in [6, 6.07) is 29.2.